The largest absolute Gasteiger partial charge is 0.352 e. The average Bonchev–Trinajstić information content (AvgIpc) is 3.13. The van der Waals surface area contributed by atoms with Gasteiger partial charge in [-0.3, -0.25) is 4.79 Å². The molecule has 0 aliphatic heterocycles. The Kier molecular flexibility index (Phi) is 6.14. The van der Waals surface area contributed by atoms with Gasteiger partial charge in [0.25, 0.3) is 5.91 Å². The molecule has 7 heteroatoms. The minimum Gasteiger partial charge on any atom is -0.352 e. The van der Waals surface area contributed by atoms with E-state index < -0.39 is 10.0 Å². The predicted octanol–water partition coefficient (Wildman–Crippen LogP) is 2.37. The zero-order valence-electron chi connectivity index (χ0n) is 15.3. The number of amides is 1. The maximum atomic E-state index is 12.2. The maximum Gasteiger partial charge on any atom is 0.251 e. The summed E-state index contributed by atoms with van der Waals surface area (Å²) in [5, 5.41) is 4.05. The summed E-state index contributed by atoms with van der Waals surface area (Å²) in [6.45, 7) is 1.24. The first-order valence-electron chi connectivity index (χ1n) is 8.86. The minimum absolute atomic E-state index is 0.0683. The molecule has 0 atom stereocenters. The molecule has 0 saturated heterocycles. The summed E-state index contributed by atoms with van der Waals surface area (Å²) >= 11 is 0. The van der Waals surface area contributed by atoms with Gasteiger partial charge in [-0.2, -0.15) is 4.72 Å². The number of carbonyl (C=O) groups is 1. The van der Waals surface area contributed by atoms with Crippen LogP contribution >= 0.6 is 0 Å². The molecular weight excluding hydrogens is 374 g/mol. The molecule has 0 unspecified atom stereocenters. The molecule has 0 aliphatic rings. The van der Waals surface area contributed by atoms with Crippen LogP contribution in [0.1, 0.15) is 16.8 Å². The first-order valence-corrected chi connectivity index (χ1v) is 10.3. The number of fused-ring (bicyclic) bond motifs is 1. The smallest absolute Gasteiger partial charge is 0.251 e. The minimum atomic E-state index is -3.66. The van der Waals surface area contributed by atoms with E-state index in [0.717, 1.165) is 13.0 Å². The lowest BCUT2D eigenvalue weighted by Crippen LogP contribution is -2.26. The first kappa shape index (κ1) is 19.7. The summed E-state index contributed by atoms with van der Waals surface area (Å²) in [5.41, 5.74) is 1.58. The van der Waals surface area contributed by atoms with Crippen molar-refractivity contribution in [3.05, 3.63) is 66.4 Å². The Balaban J connectivity index is 1.52. The molecule has 1 heterocycles. The van der Waals surface area contributed by atoms with E-state index in [1.165, 1.54) is 35.2 Å². The highest BCUT2D eigenvalue weighted by Crippen LogP contribution is 2.15. The van der Waals surface area contributed by atoms with E-state index in [1.54, 1.807) is 0 Å². The molecule has 6 nitrogen and oxygen atoms in total. The molecule has 0 fully saturated rings. The number of sulfonamides is 1. The molecule has 144 valence electrons. The summed E-state index contributed by atoms with van der Waals surface area (Å²) in [5.74, 6) is 1.98. The summed E-state index contributed by atoms with van der Waals surface area (Å²) in [6.07, 6.45) is 7.89. The molecule has 1 amide bonds. The topological polar surface area (TPSA) is 80.2 Å². The van der Waals surface area contributed by atoms with E-state index in [9.17, 15) is 13.2 Å². The molecule has 0 aliphatic carbocycles. The maximum absolute atomic E-state index is 12.2. The Morgan fingerprint density at radius 2 is 1.82 bits per heavy atom. The summed E-state index contributed by atoms with van der Waals surface area (Å²) in [4.78, 5) is 12.3. The number of nitrogens with one attached hydrogen (secondary N) is 2. The highest BCUT2D eigenvalue weighted by molar-refractivity contribution is 7.89. The van der Waals surface area contributed by atoms with Gasteiger partial charge in [-0.05, 0) is 48.2 Å². The number of para-hydroxylation sites is 1. The number of rotatable bonds is 8. The van der Waals surface area contributed by atoms with Crippen LogP contribution in [0.4, 0.5) is 0 Å². The summed E-state index contributed by atoms with van der Waals surface area (Å²) in [7, 11) is -3.66. The van der Waals surface area contributed by atoms with Gasteiger partial charge >= 0.3 is 0 Å². The Bertz CT molecular complexity index is 1110. The zero-order valence-corrected chi connectivity index (χ0v) is 16.1. The van der Waals surface area contributed by atoms with E-state index in [1.807, 2.05) is 18.3 Å². The molecule has 0 radical (unpaired) electrons. The summed E-state index contributed by atoms with van der Waals surface area (Å²) in [6, 6.07) is 16.0. The van der Waals surface area contributed by atoms with Crippen molar-refractivity contribution in [2.24, 2.45) is 0 Å². The summed E-state index contributed by atoms with van der Waals surface area (Å²) < 4.78 is 28.4. The molecule has 3 aromatic rings. The molecule has 1 aromatic heterocycles. The van der Waals surface area contributed by atoms with Gasteiger partial charge in [0.2, 0.25) is 10.0 Å². The second kappa shape index (κ2) is 8.74. The SMILES string of the molecule is C#CCNS(=O)(=O)c1ccc(C(=O)NCCCn2ccc3ccccc32)cc1. The molecule has 2 aromatic carbocycles. The van der Waals surface area contributed by atoms with Crippen molar-refractivity contribution >= 4 is 26.8 Å². The molecule has 28 heavy (non-hydrogen) atoms. The fourth-order valence-corrected chi connectivity index (χ4v) is 3.83. The molecule has 3 rings (SSSR count). The van der Waals surface area contributed by atoms with Crippen LogP contribution in [-0.2, 0) is 16.6 Å². The molecule has 0 spiro atoms. The van der Waals surface area contributed by atoms with Gasteiger partial charge in [0, 0.05) is 30.4 Å². The lowest BCUT2D eigenvalue weighted by Gasteiger charge is -2.08. The van der Waals surface area contributed by atoms with Gasteiger partial charge in [0.15, 0.2) is 0 Å². The Morgan fingerprint density at radius 3 is 2.57 bits per heavy atom. The fraction of sp³-hybridized carbons (Fsp3) is 0.190. The van der Waals surface area contributed by atoms with Crippen molar-refractivity contribution in [1.29, 1.82) is 0 Å². The number of terminal acetylenes is 1. The lowest BCUT2D eigenvalue weighted by molar-refractivity contribution is 0.0952. The number of hydrogen-bond acceptors (Lipinski definition) is 3. The lowest BCUT2D eigenvalue weighted by atomic mass is 10.2. The normalized spacial score (nSPS) is 11.2. The van der Waals surface area contributed by atoms with Gasteiger partial charge in [0.1, 0.15) is 0 Å². The van der Waals surface area contributed by atoms with Crippen LogP contribution in [0.25, 0.3) is 10.9 Å². The average molecular weight is 395 g/mol. The fourth-order valence-electron chi connectivity index (χ4n) is 2.89. The van der Waals surface area contributed by atoms with Crippen molar-refractivity contribution in [3.63, 3.8) is 0 Å². The molecule has 0 saturated carbocycles. The number of nitrogens with zero attached hydrogens (tertiary/aromatic N) is 1. The third kappa shape index (κ3) is 4.60. The predicted molar refractivity (Wildman–Crippen MR) is 109 cm³/mol. The van der Waals surface area contributed by atoms with Crippen molar-refractivity contribution in [1.82, 2.24) is 14.6 Å². The van der Waals surface area contributed by atoms with E-state index in [0.29, 0.717) is 12.1 Å². The van der Waals surface area contributed by atoms with Gasteiger partial charge < -0.3 is 9.88 Å². The van der Waals surface area contributed by atoms with E-state index in [-0.39, 0.29) is 17.3 Å². The van der Waals surface area contributed by atoms with Crippen molar-refractivity contribution in [3.8, 4) is 12.3 Å². The van der Waals surface area contributed by atoms with Crippen LogP contribution in [0.2, 0.25) is 0 Å². The van der Waals surface area contributed by atoms with Gasteiger partial charge in [-0.15, -0.1) is 6.42 Å². The highest BCUT2D eigenvalue weighted by atomic mass is 32.2. The number of benzene rings is 2. The molecule has 2 N–H and O–H groups in total. The van der Waals surface area contributed by atoms with Crippen LogP contribution < -0.4 is 10.0 Å². The molecular formula is C21H21N3O3S. The Morgan fingerprint density at radius 1 is 1.07 bits per heavy atom. The van der Waals surface area contributed by atoms with Gasteiger partial charge in [-0.1, -0.05) is 24.1 Å². The zero-order chi connectivity index (χ0) is 20.0. The quantitative estimate of drug-likeness (QED) is 0.454. The third-order valence-electron chi connectivity index (χ3n) is 4.33. The van der Waals surface area contributed by atoms with Crippen LogP contribution in [-0.4, -0.2) is 32.0 Å². The Labute approximate surface area is 164 Å². The second-order valence-electron chi connectivity index (χ2n) is 6.23. The monoisotopic (exact) mass is 395 g/mol. The van der Waals surface area contributed by atoms with Crippen LogP contribution in [0.15, 0.2) is 65.7 Å². The number of aryl methyl sites for hydroxylation is 1. The van der Waals surface area contributed by atoms with Crippen LogP contribution in [0.5, 0.6) is 0 Å². The highest BCUT2D eigenvalue weighted by Gasteiger charge is 2.14. The van der Waals surface area contributed by atoms with Gasteiger partial charge in [-0.25, -0.2) is 8.42 Å². The van der Waals surface area contributed by atoms with Gasteiger partial charge in [0.05, 0.1) is 11.4 Å². The first-order chi connectivity index (χ1) is 13.5. The van der Waals surface area contributed by atoms with E-state index >= 15 is 0 Å². The van der Waals surface area contributed by atoms with Crippen molar-refractivity contribution in [2.75, 3.05) is 13.1 Å². The molecule has 0 bridgehead atoms. The van der Waals surface area contributed by atoms with E-state index in [4.69, 9.17) is 6.42 Å². The van der Waals surface area contributed by atoms with E-state index in [2.05, 4.69) is 38.7 Å². The van der Waals surface area contributed by atoms with Crippen molar-refractivity contribution < 1.29 is 13.2 Å². The number of hydrogen-bond donors (Lipinski definition) is 2. The van der Waals surface area contributed by atoms with Crippen molar-refractivity contribution in [2.45, 2.75) is 17.9 Å². The number of carbonyl (C=O) groups excluding carboxylic acids is 1. The Hall–Kier alpha value is -3.08. The second-order valence-corrected chi connectivity index (χ2v) is 8.00. The van der Waals surface area contributed by atoms with Crippen LogP contribution in [0.3, 0.4) is 0 Å². The number of aromatic nitrogens is 1. The van der Waals surface area contributed by atoms with Crippen LogP contribution in [0, 0.1) is 12.3 Å². The standard InChI is InChI=1S/C21H21N3O3S/c1-2-13-23-28(26,27)19-10-8-18(9-11-19)21(25)22-14-5-15-24-16-12-17-6-3-4-7-20(17)24/h1,3-4,6-12,16,23H,5,13-15H2,(H,22,25). The third-order valence-corrected chi connectivity index (χ3v) is 5.75.